The number of likely N-dealkylation sites (N-methyl/N-ethyl adjacent to an activating group) is 1. The van der Waals surface area contributed by atoms with Crippen LogP contribution in [0.3, 0.4) is 0 Å². The molecule has 140 valence electrons. The molecule has 6 nitrogen and oxygen atoms in total. The minimum atomic E-state index is -0.240. The highest BCUT2D eigenvalue weighted by Gasteiger charge is 2.32. The standard InChI is InChI=1S/C20H26N2O4/c1-3-12-6-17(19(25)7-18(12)24)20(26)22-9-14-4-13(8-21-2)16(11-23)5-15(14)10-22/h4,6-7,16,21,23-25H,3,5,8-11H2,1-2H3. The van der Waals surface area contributed by atoms with E-state index in [1.807, 2.05) is 14.0 Å². The fourth-order valence-electron chi connectivity index (χ4n) is 3.79. The molecule has 0 aromatic heterocycles. The molecule has 0 bridgehead atoms. The molecule has 1 amide bonds. The number of carbonyl (C=O) groups is 1. The molecule has 1 aromatic carbocycles. The van der Waals surface area contributed by atoms with Gasteiger partial charge in [0.1, 0.15) is 11.5 Å². The van der Waals surface area contributed by atoms with Crippen LogP contribution in [0, 0.1) is 5.92 Å². The van der Waals surface area contributed by atoms with Gasteiger partial charge in [-0.05, 0) is 42.7 Å². The molecule has 1 aliphatic heterocycles. The Balaban J connectivity index is 1.81. The highest BCUT2D eigenvalue weighted by atomic mass is 16.3. The van der Waals surface area contributed by atoms with Crippen LogP contribution in [0.1, 0.15) is 29.3 Å². The van der Waals surface area contributed by atoms with Gasteiger partial charge in [-0.3, -0.25) is 4.79 Å². The Bertz CT molecular complexity index is 782. The number of hydrogen-bond donors (Lipinski definition) is 4. The fraction of sp³-hybridized carbons (Fsp3) is 0.450. The average molecular weight is 358 g/mol. The predicted molar refractivity (Wildman–Crippen MR) is 99.3 cm³/mol. The molecule has 1 heterocycles. The molecule has 0 radical (unpaired) electrons. The lowest BCUT2D eigenvalue weighted by Gasteiger charge is -2.23. The van der Waals surface area contributed by atoms with Gasteiger partial charge >= 0.3 is 0 Å². The molecule has 3 rings (SSSR count). The summed E-state index contributed by atoms with van der Waals surface area (Å²) < 4.78 is 0. The van der Waals surface area contributed by atoms with Crippen LogP contribution >= 0.6 is 0 Å². The molecule has 6 heteroatoms. The van der Waals surface area contributed by atoms with Gasteiger partial charge in [-0.1, -0.05) is 18.6 Å². The third kappa shape index (κ3) is 3.34. The molecule has 4 N–H and O–H groups in total. The fourth-order valence-corrected chi connectivity index (χ4v) is 3.79. The molecular weight excluding hydrogens is 332 g/mol. The Labute approximate surface area is 153 Å². The van der Waals surface area contributed by atoms with E-state index < -0.39 is 0 Å². The highest BCUT2D eigenvalue weighted by Crippen LogP contribution is 2.35. The molecule has 0 spiro atoms. The summed E-state index contributed by atoms with van der Waals surface area (Å²) in [6.07, 6.45) is 3.43. The van der Waals surface area contributed by atoms with Crippen LogP contribution in [0.2, 0.25) is 0 Å². The van der Waals surface area contributed by atoms with Gasteiger partial charge in [0, 0.05) is 38.2 Å². The Hall–Kier alpha value is -2.31. The van der Waals surface area contributed by atoms with E-state index >= 15 is 0 Å². The zero-order chi connectivity index (χ0) is 18.8. The second-order valence-electron chi connectivity index (χ2n) is 6.97. The first kappa shape index (κ1) is 18.5. The Morgan fingerprint density at radius 1 is 1.27 bits per heavy atom. The van der Waals surface area contributed by atoms with Crippen LogP contribution in [0.25, 0.3) is 0 Å². The lowest BCUT2D eigenvalue weighted by molar-refractivity contribution is 0.0792. The van der Waals surface area contributed by atoms with E-state index in [1.54, 1.807) is 11.0 Å². The van der Waals surface area contributed by atoms with Crippen molar-refractivity contribution in [2.45, 2.75) is 19.8 Å². The number of benzene rings is 1. The predicted octanol–water partition coefficient (Wildman–Crippen LogP) is 1.57. The number of aliphatic hydroxyl groups is 1. The van der Waals surface area contributed by atoms with Gasteiger partial charge in [-0.2, -0.15) is 0 Å². The van der Waals surface area contributed by atoms with Crippen LogP contribution in [-0.4, -0.2) is 59.4 Å². The highest BCUT2D eigenvalue weighted by molar-refractivity contribution is 5.98. The van der Waals surface area contributed by atoms with Gasteiger partial charge in [-0.15, -0.1) is 0 Å². The topological polar surface area (TPSA) is 93.0 Å². The number of aliphatic hydroxyl groups excluding tert-OH is 1. The van der Waals surface area contributed by atoms with Crippen LogP contribution < -0.4 is 5.32 Å². The number of aromatic hydroxyl groups is 2. The van der Waals surface area contributed by atoms with Crippen molar-refractivity contribution in [2.75, 3.05) is 33.3 Å². The lowest BCUT2D eigenvalue weighted by atomic mass is 9.85. The number of rotatable bonds is 5. The van der Waals surface area contributed by atoms with Crippen molar-refractivity contribution in [3.63, 3.8) is 0 Å². The van der Waals surface area contributed by atoms with Gasteiger partial charge in [0.05, 0.1) is 5.56 Å². The van der Waals surface area contributed by atoms with Crippen molar-refractivity contribution in [3.05, 3.63) is 46.1 Å². The number of phenolic OH excluding ortho intramolecular Hbond substituents is 2. The summed E-state index contributed by atoms with van der Waals surface area (Å²) in [6, 6.07) is 2.81. The summed E-state index contributed by atoms with van der Waals surface area (Å²) in [6.45, 7) is 3.71. The molecule has 1 aliphatic carbocycles. The van der Waals surface area contributed by atoms with Crippen molar-refractivity contribution < 1.29 is 20.1 Å². The van der Waals surface area contributed by atoms with Crippen LogP contribution in [-0.2, 0) is 6.42 Å². The second kappa shape index (κ2) is 7.51. The number of carbonyl (C=O) groups excluding carboxylic acids is 1. The number of phenols is 2. The summed E-state index contributed by atoms with van der Waals surface area (Å²) in [5.41, 5.74) is 4.31. The van der Waals surface area contributed by atoms with E-state index in [0.717, 1.165) is 17.6 Å². The minimum Gasteiger partial charge on any atom is -0.508 e. The van der Waals surface area contributed by atoms with Crippen molar-refractivity contribution in [2.24, 2.45) is 5.92 Å². The summed E-state index contributed by atoms with van der Waals surface area (Å²) in [7, 11) is 1.88. The zero-order valence-corrected chi connectivity index (χ0v) is 15.2. The molecule has 26 heavy (non-hydrogen) atoms. The number of nitrogens with one attached hydrogen (secondary N) is 1. The third-order valence-corrected chi connectivity index (χ3v) is 5.27. The Morgan fingerprint density at radius 2 is 2.04 bits per heavy atom. The third-order valence-electron chi connectivity index (χ3n) is 5.27. The zero-order valence-electron chi connectivity index (χ0n) is 15.2. The molecular formula is C20H26N2O4. The summed E-state index contributed by atoms with van der Waals surface area (Å²) in [5.74, 6) is -0.347. The largest absolute Gasteiger partial charge is 0.508 e. The van der Waals surface area contributed by atoms with E-state index in [0.29, 0.717) is 31.6 Å². The quantitative estimate of drug-likeness (QED) is 0.641. The summed E-state index contributed by atoms with van der Waals surface area (Å²) in [4.78, 5) is 14.6. The van der Waals surface area contributed by atoms with Crippen LogP contribution in [0.5, 0.6) is 11.5 Å². The molecule has 0 fully saturated rings. The summed E-state index contributed by atoms with van der Waals surface area (Å²) in [5, 5.41) is 32.7. The van der Waals surface area contributed by atoms with Gasteiger partial charge in [0.15, 0.2) is 0 Å². The smallest absolute Gasteiger partial charge is 0.258 e. The van der Waals surface area contributed by atoms with E-state index in [1.165, 1.54) is 11.6 Å². The van der Waals surface area contributed by atoms with Gasteiger partial charge < -0.3 is 25.5 Å². The summed E-state index contributed by atoms with van der Waals surface area (Å²) >= 11 is 0. The molecule has 0 saturated carbocycles. The van der Waals surface area contributed by atoms with E-state index in [4.69, 9.17) is 0 Å². The van der Waals surface area contributed by atoms with E-state index in [9.17, 15) is 20.1 Å². The normalized spacial score (nSPS) is 19.6. The SMILES string of the molecule is CCc1cc(C(=O)N2CC3=C(CC(CO)C(CNC)=C3)C2)c(O)cc1O. The maximum atomic E-state index is 12.9. The number of nitrogens with zero attached hydrogens (tertiary/aromatic N) is 1. The van der Waals surface area contributed by atoms with Gasteiger partial charge in [-0.25, -0.2) is 0 Å². The van der Waals surface area contributed by atoms with Crippen molar-refractivity contribution >= 4 is 5.91 Å². The maximum Gasteiger partial charge on any atom is 0.258 e. The van der Waals surface area contributed by atoms with Crippen molar-refractivity contribution in [1.82, 2.24) is 10.2 Å². The second-order valence-corrected chi connectivity index (χ2v) is 6.97. The van der Waals surface area contributed by atoms with Crippen molar-refractivity contribution in [1.29, 1.82) is 0 Å². The van der Waals surface area contributed by atoms with Gasteiger partial charge in [0.2, 0.25) is 0 Å². The number of aryl methyl sites for hydroxylation is 1. The van der Waals surface area contributed by atoms with Crippen LogP contribution in [0.4, 0.5) is 0 Å². The molecule has 0 saturated heterocycles. The first-order valence-corrected chi connectivity index (χ1v) is 8.99. The van der Waals surface area contributed by atoms with E-state index in [-0.39, 0.29) is 35.5 Å². The first-order chi connectivity index (χ1) is 12.5. The molecule has 2 aliphatic rings. The maximum absolute atomic E-state index is 12.9. The average Bonchev–Trinajstić information content (AvgIpc) is 3.03. The first-order valence-electron chi connectivity index (χ1n) is 8.99. The number of amides is 1. The minimum absolute atomic E-state index is 0.00539. The van der Waals surface area contributed by atoms with Crippen LogP contribution in [0.15, 0.2) is 34.9 Å². The molecule has 1 unspecified atom stereocenters. The monoisotopic (exact) mass is 358 g/mol. The molecule has 1 aromatic rings. The number of hydrogen-bond acceptors (Lipinski definition) is 5. The Kier molecular flexibility index (Phi) is 5.34. The lowest BCUT2D eigenvalue weighted by Crippen LogP contribution is -2.29. The van der Waals surface area contributed by atoms with Gasteiger partial charge in [0.25, 0.3) is 5.91 Å². The van der Waals surface area contributed by atoms with E-state index in [2.05, 4.69) is 11.4 Å². The Morgan fingerprint density at radius 3 is 2.69 bits per heavy atom. The molecule has 1 atom stereocenters. The van der Waals surface area contributed by atoms with Crippen molar-refractivity contribution in [3.8, 4) is 11.5 Å².